The summed E-state index contributed by atoms with van der Waals surface area (Å²) in [6.07, 6.45) is 8.43. The molecule has 1 N–H and O–H groups in total. The van der Waals surface area contributed by atoms with Gasteiger partial charge >= 0.3 is 0 Å². The van der Waals surface area contributed by atoms with Crippen LogP contribution in [0.3, 0.4) is 0 Å². The van der Waals surface area contributed by atoms with Crippen LogP contribution < -0.4 is 5.32 Å². The lowest BCUT2D eigenvalue weighted by atomic mass is 9.78. The fourth-order valence-corrected chi connectivity index (χ4v) is 3.18. The van der Waals surface area contributed by atoms with Gasteiger partial charge in [-0.05, 0) is 32.1 Å². The maximum Gasteiger partial charge on any atom is 0.160 e. The second-order valence-corrected chi connectivity index (χ2v) is 6.58. The summed E-state index contributed by atoms with van der Waals surface area (Å²) in [5, 5.41) is 3.39. The Kier molecular flexibility index (Phi) is 5.71. The minimum atomic E-state index is -0.267. The van der Waals surface area contributed by atoms with Gasteiger partial charge in [-0.25, -0.2) is 9.97 Å². The predicted octanol–water partition coefficient (Wildman–Crippen LogP) is 3.42. The maximum absolute atomic E-state index is 6.12. The van der Waals surface area contributed by atoms with E-state index >= 15 is 0 Å². The molecule has 1 aromatic rings. The van der Waals surface area contributed by atoms with E-state index in [2.05, 4.69) is 43.0 Å². The number of hydrogen-bond donors (Lipinski definition) is 1. The molecule has 0 aromatic carbocycles. The topological polar surface area (TPSA) is 47.0 Å². The minimum absolute atomic E-state index is 0.267. The Morgan fingerprint density at radius 1 is 1.38 bits per heavy atom. The zero-order chi connectivity index (χ0) is 15.3. The number of ether oxygens (including phenoxy) is 1. The van der Waals surface area contributed by atoms with Gasteiger partial charge in [-0.3, -0.25) is 0 Å². The zero-order valence-electron chi connectivity index (χ0n) is 13.9. The van der Waals surface area contributed by atoms with Crippen LogP contribution in [0.5, 0.6) is 0 Å². The summed E-state index contributed by atoms with van der Waals surface area (Å²) in [7, 11) is 0. The van der Waals surface area contributed by atoms with Crippen LogP contribution in [0, 0.1) is 5.92 Å². The highest BCUT2D eigenvalue weighted by Crippen LogP contribution is 2.41. The summed E-state index contributed by atoms with van der Waals surface area (Å²) in [5.41, 5.74) is 0.860. The third kappa shape index (κ3) is 4.24. The molecular weight excluding hydrogens is 262 g/mol. The van der Waals surface area contributed by atoms with E-state index in [1.807, 2.05) is 12.4 Å². The summed E-state index contributed by atoms with van der Waals surface area (Å²) in [4.78, 5) is 9.26. The van der Waals surface area contributed by atoms with Gasteiger partial charge in [-0.2, -0.15) is 0 Å². The largest absolute Gasteiger partial charge is 0.367 e. The zero-order valence-corrected chi connectivity index (χ0v) is 13.9. The summed E-state index contributed by atoms with van der Waals surface area (Å²) < 4.78 is 6.12. The summed E-state index contributed by atoms with van der Waals surface area (Å²) >= 11 is 0. The summed E-state index contributed by atoms with van der Waals surface area (Å²) in [6, 6.07) is 0.471. The Balaban J connectivity index is 2.13. The molecule has 0 saturated heterocycles. The van der Waals surface area contributed by atoms with Crippen molar-refractivity contribution in [2.45, 2.75) is 71.6 Å². The Labute approximate surface area is 128 Å². The first-order chi connectivity index (χ1) is 10.1. The number of rotatable bonds is 6. The van der Waals surface area contributed by atoms with E-state index in [4.69, 9.17) is 4.74 Å². The number of nitrogens with one attached hydrogen (secondary N) is 1. The van der Waals surface area contributed by atoms with Gasteiger partial charge in [0.05, 0.1) is 0 Å². The molecule has 118 valence electrons. The predicted molar refractivity (Wildman–Crippen MR) is 84.9 cm³/mol. The molecule has 1 heterocycles. The van der Waals surface area contributed by atoms with Crippen LogP contribution in [0.4, 0.5) is 0 Å². The van der Waals surface area contributed by atoms with Crippen LogP contribution in [0.2, 0.25) is 0 Å². The molecule has 1 saturated carbocycles. The Morgan fingerprint density at radius 2 is 2.10 bits per heavy atom. The highest BCUT2D eigenvalue weighted by molar-refractivity contribution is 5.11. The van der Waals surface area contributed by atoms with Crippen molar-refractivity contribution in [1.29, 1.82) is 0 Å². The molecule has 2 rings (SSSR count). The van der Waals surface area contributed by atoms with Gasteiger partial charge in [-0.1, -0.05) is 27.2 Å². The third-order valence-electron chi connectivity index (χ3n) is 4.20. The lowest BCUT2D eigenvalue weighted by Crippen LogP contribution is -2.37. The highest BCUT2D eigenvalue weighted by Gasteiger charge is 2.39. The minimum Gasteiger partial charge on any atom is -0.367 e. The first kappa shape index (κ1) is 16.4. The molecular formula is C17H29N3O. The molecule has 4 nitrogen and oxygen atoms in total. The van der Waals surface area contributed by atoms with Crippen molar-refractivity contribution >= 4 is 0 Å². The van der Waals surface area contributed by atoms with E-state index in [1.54, 1.807) is 0 Å². The number of nitrogens with zero attached hydrogens (tertiary/aromatic N) is 2. The second kappa shape index (κ2) is 7.32. The summed E-state index contributed by atoms with van der Waals surface area (Å²) in [5.74, 6) is 1.54. The van der Waals surface area contributed by atoms with E-state index in [9.17, 15) is 0 Å². The second-order valence-electron chi connectivity index (χ2n) is 6.58. The van der Waals surface area contributed by atoms with Crippen LogP contribution in [-0.4, -0.2) is 22.6 Å². The van der Waals surface area contributed by atoms with E-state index in [-0.39, 0.29) is 5.60 Å². The molecule has 1 aliphatic carbocycles. The van der Waals surface area contributed by atoms with Gasteiger partial charge in [0, 0.05) is 37.2 Å². The van der Waals surface area contributed by atoms with Crippen molar-refractivity contribution in [2.75, 3.05) is 6.61 Å². The SMILES string of the molecule is CCOC1(c2ncc(CNC(C)C)cn2)CCCC(C)C1. The van der Waals surface area contributed by atoms with Crippen molar-refractivity contribution in [3.05, 3.63) is 23.8 Å². The molecule has 2 unspecified atom stereocenters. The molecule has 0 radical (unpaired) electrons. The Morgan fingerprint density at radius 3 is 2.67 bits per heavy atom. The molecule has 4 heteroatoms. The molecule has 0 bridgehead atoms. The molecule has 0 spiro atoms. The smallest absolute Gasteiger partial charge is 0.160 e. The van der Waals surface area contributed by atoms with E-state index in [1.165, 1.54) is 12.8 Å². The van der Waals surface area contributed by atoms with E-state index < -0.39 is 0 Å². The molecule has 1 aliphatic rings. The first-order valence-corrected chi connectivity index (χ1v) is 8.24. The average Bonchev–Trinajstić information content (AvgIpc) is 2.46. The van der Waals surface area contributed by atoms with Crippen LogP contribution in [0.25, 0.3) is 0 Å². The number of hydrogen-bond acceptors (Lipinski definition) is 4. The monoisotopic (exact) mass is 291 g/mol. The van der Waals surface area contributed by atoms with Gasteiger partial charge in [0.25, 0.3) is 0 Å². The normalized spacial score (nSPS) is 26.2. The Hall–Kier alpha value is -1.00. The molecule has 0 aliphatic heterocycles. The van der Waals surface area contributed by atoms with Crippen molar-refractivity contribution < 1.29 is 4.74 Å². The van der Waals surface area contributed by atoms with Crippen LogP contribution >= 0.6 is 0 Å². The fourth-order valence-electron chi connectivity index (χ4n) is 3.18. The lowest BCUT2D eigenvalue weighted by molar-refractivity contribution is -0.0881. The van der Waals surface area contributed by atoms with Crippen LogP contribution in [0.15, 0.2) is 12.4 Å². The van der Waals surface area contributed by atoms with Crippen molar-refractivity contribution in [3.8, 4) is 0 Å². The van der Waals surface area contributed by atoms with Gasteiger partial charge in [-0.15, -0.1) is 0 Å². The van der Waals surface area contributed by atoms with Crippen molar-refractivity contribution in [1.82, 2.24) is 15.3 Å². The quantitative estimate of drug-likeness (QED) is 0.872. The van der Waals surface area contributed by atoms with Crippen LogP contribution in [-0.2, 0) is 16.9 Å². The lowest BCUT2D eigenvalue weighted by Gasteiger charge is -2.38. The third-order valence-corrected chi connectivity index (χ3v) is 4.20. The molecule has 21 heavy (non-hydrogen) atoms. The molecule has 2 atom stereocenters. The average molecular weight is 291 g/mol. The van der Waals surface area contributed by atoms with E-state index in [0.29, 0.717) is 18.6 Å². The first-order valence-electron chi connectivity index (χ1n) is 8.24. The summed E-state index contributed by atoms with van der Waals surface area (Å²) in [6.45, 7) is 10.2. The maximum atomic E-state index is 6.12. The fraction of sp³-hybridized carbons (Fsp3) is 0.765. The Bertz CT molecular complexity index is 428. The highest BCUT2D eigenvalue weighted by atomic mass is 16.5. The van der Waals surface area contributed by atoms with Crippen LogP contribution in [0.1, 0.15) is 64.8 Å². The molecule has 0 amide bonds. The van der Waals surface area contributed by atoms with E-state index in [0.717, 1.165) is 30.8 Å². The molecule has 1 aromatic heterocycles. The van der Waals surface area contributed by atoms with Crippen molar-refractivity contribution in [3.63, 3.8) is 0 Å². The molecule has 1 fully saturated rings. The van der Waals surface area contributed by atoms with Gasteiger partial charge in [0.2, 0.25) is 0 Å². The number of aromatic nitrogens is 2. The van der Waals surface area contributed by atoms with Gasteiger partial charge < -0.3 is 10.1 Å². The van der Waals surface area contributed by atoms with Gasteiger partial charge in [0.15, 0.2) is 5.82 Å². The van der Waals surface area contributed by atoms with Gasteiger partial charge in [0.1, 0.15) is 5.60 Å². The standard InChI is InChI=1S/C17H29N3O/c1-5-21-17(8-6-7-14(4)9-17)16-19-11-15(12-20-16)10-18-13(2)3/h11-14,18H,5-10H2,1-4H3. The van der Waals surface area contributed by atoms with Crippen molar-refractivity contribution in [2.24, 2.45) is 5.92 Å².